The molecule has 0 saturated carbocycles. The number of terminal acetylenes is 1. The number of hydrogen-bond donors (Lipinski definition) is 1. The Morgan fingerprint density at radius 1 is 1.35 bits per heavy atom. The lowest BCUT2D eigenvalue weighted by atomic mass is 10.1. The van der Waals surface area contributed by atoms with Crippen molar-refractivity contribution in [1.29, 1.82) is 0 Å². The number of amides is 1. The van der Waals surface area contributed by atoms with Gasteiger partial charge in [0.15, 0.2) is 11.5 Å². The second-order valence-electron chi connectivity index (χ2n) is 5.83. The van der Waals surface area contributed by atoms with Gasteiger partial charge in [-0.15, -0.1) is 6.42 Å². The van der Waals surface area contributed by atoms with Gasteiger partial charge in [-0.2, -0.15) is 0 Å². The molecule has 0 atom stereocenters. The monoisotopic (exact) mass is 348 g/mol. The fourth-order valence-electron chi connectivity index (χ4n) is 2.99. The lowest BCUT2D eigenvalue weighted by Gasteiger charge is -2.17. The van der Waals surface area contributed by atoms with Crippen molar-refractivity contribution in [3.8, 4) is 23.8 Å². The van der Waals surface area contributed by atoms with Gasteiger partial charge in [-0.1, -0.05) is 24.1 Å². The van der Waals surface area contributed by atoms with E-state index in [-0.39, 0.29) is 12.5 Å². The van der Waals surface area contributed by atoms with E-state index in [4.69, 9.17) is 21.6 Å². The van der Waals surface area contributed by atoms with E-state index >= 15 is 0 Å². The van der Waals surface area contributed by atoms with Crippen molar-refractivity contribution >= 4 is 23.4 Å². The largest absolute Gasteiger partial charge is 0.493 e. The maximum absolute atomic E-state index is 12.6. The van der Waals surface area contributed by atoms with E-state index in [1.54, 1.807) is 30.2 Å². The molecule has 0 fully saturated rings. The molecule has 1 aliphatic rings. The number of para-hydroxylation sites is 1. The van der Waals surface area contributed by atoms with E-state index in [2.05, 4.69) is 5.92 Å². The van der Waals surface area contributed by atoms with Crippen LogP contribution >= 0.6 is 0 Å². The van der Waals surface area contributed by atoms with Gasteiger partial charge in [-0.3, -0.25) is 4.79 Å². The minimum atomic E-state index is -0.103. The zero-order valence-electron chi connectivity index (χ0n) is 14.6. The molecule has 2 aromatic rings. The standard InChI is InChI=1S/C21H20N2O3/c1-3-13-26-18-9-7-15(14-19(18)25-2)8-10-20(24)23-12-11-16-5-4-6-17(22)21(16)23/h1,4-10,14H,11-13,22H2,2H3. The number of hydrogen-bond acceptors (Lipinski definition) is 4. The van der Waals surface area contributed by atoms with Gasteiger partial charge in [0.05, 0.1) is 18.5 Å². The summed E-state index contributed by atoms with van der Waals surface area (Å²) in [7, 11) is 1.56. The molecule has 2 N–H and O–H groups in total. The number of methoxy groups -OCH3 is 1. The van der Waals surface area contributed by atoms with Crippen LogP contribution in [-0.2, 0) is 11.2 Å². The first kappa shape index (κ1) is 17.4. The van der Waals surface area contributed by atoms with Crippen LogP contribution in [-0.4, -0.2) is 26.2 Å². The van der Waals surface area contributed by atoms with Gasteiger partial charge in [-0.05, 0) is 41.8 Å². The number of nitrogen functional groups attached to an aromatic ring is 1. The van der Waals surface area contributed by atoms with E-state index in [9.17, 15) is 4.79 Å². The first-order chi connectivity index (χ1) is 12.6. The van der Waals surface area contributed by atoms with Crippen molar-refractivity contribution in [1.82, 2.24) is 0 Å². The number of ether oxygens (including phenoxy) is 2. The van der Waals surface area contributed by atoms with Gasteiger partial charge >= 0.3 is 0 Å². The molecule has 0 spiro atoms. The maximum atomic E-state index is 12.6. The van der Waals surface area contributed by atoms with Gasteiger partial charge < -0.3 is 20.1 Å². The number of carbonyl (C=O) groups is 1. The zero-order valence-corrected chi connectivity index (χ0v) is 14.6. The number of nitrogens with zero attached hydrogens (tertiary/aromatic N) is 1. The smallest absolute Gasteiger partial charge is 0.251 e. The molecule has 2 aromatic carbocycles. The zero-order chi connectivity index (χ0) is 18.5. The second kappa shape index (κ2) is 7.66. The molecule has 1 heterocycles. The van der Waals surface area contributed by atoms with Gasteiger partial charge in [0.25, 0.3) is 5.91 Å². The Labute approximate surface area is 153 Å². The van der Waals surface area contributed by atoms with Crippen molar-refractivity contribution in [2.45, 2.75) is 6.42 Å². The highest BCUT2D eigenvalue weighted by Crippen LogP contribution is 2.34. The van der Waals surface area contributed by atoms with Crippen molar-refractivity contribution in [3.05, 3.63) is 53.6 Å². The second-order valence-corrected chi connectivity index (χ2v) is 5.83. The maximum Gasteiger partial charge on any atom is 0.251 e. The summed E-state index contributed by atoms with van der Waals surface area (Å²) in [5.74, 6) is 3.44. The Morgan fingerprint density at radius 3 is 2.96 bits per heavy atom. The average molecular weight is 348 g/mol. The molecule has 1 amide bonds. The third-order valence-corrected chi connectivity index (χ3v) is 4.21. The molecule has 0 aliphatic carbocycles. The quantitative estimate of drug-likeness (QED) is 0.513. The Balaban J connectivity index is 1.77. The predicted molar refractivity (Wildman–Crippen MR) is 103 cm³/mol. The summed E-state index contributed by atoms with van der Waals surface area (Å²) in [5.41, 5.74) is 9.40. The highest BCUT2D eigenvalue weighted by molar-refractivity contribution is 6.07. The minimum Gasteiger partial charge on any atom is -0.493 e. The predicted octanol–water partition coefficient (Wildman–Crippen LogP) is 2.89. The fourth-order valence-corrected chi connectivity index (χ4v) is 2.99. The summed E-state index contributed by atoms with van der Waals surface area (Å²) in [4.78, 5) is 14.3. The molecule has 0 aromatic heterocycles. The lowest BCUT2D eigenvalue weighted by Crippen LogP contribution is -2.27. The van der Waals surface area contributed by atoms with Gasteiger partial charge in [-0.25, -0.2) is 0 Å². The van der Waals surface area contributed by atoms with Crippen molar-refractivity contribution in [2.75, 3.05) is 30.9 Å². The van der Waals surface area contributed by atoms with Crippen LogP contribution in [0.3, 0.4) is 0 Å². The summed E-state index contributed by atoms with van der Waals surface area (Å²) in [6, 6.07) is 11.1. The summed E-state index contributed by atoms with van der Waals surface area (Å²) in [6.07, 6.45) is 9.30. The van der Waals surface area contributed by atoms with Crippen LogP contribution < -0.4 is 20.1 Å². The van der Waals surface area contributed by atoms with Crippen molar-refractivity contribution < 1.29 is 14.3 Å². The normalized spacial score (nSPS) is 12.7. The van der Waals surface area contributed by atoms with E-state index in [1.165, 1.54) is 6.08 Å². The number of nitrogens with two attached hydrogens (primary N) is 1. The van der Waals surface area contributed by atoms with Crippen LogP contribution in [0.25, 0.3) is 6.08 Å². The first-order valence-corrected chi connectivity index (χ1v) is 8.25. The molecule has 0 bridgehead atoms. The summed E-state index contributed by atoms with van der Waals surface area (Å²) in [6.45, 7) is 0.800. The number of rotatable bonds is 5. The molecule has 3 rings (SSSR count). The molecule has 5 heteroatoms. The van der Waals surface area contributed by atoms with Gasteiger partial charge in [0.2, 0.25) is 0 Å². The number of anilines is 2. The topological polar surface area (TPSA) is 64.8 Å². The SMILES string of the molecule is C#CCOc1ccc(C=CC(=O)N2CCc3cccc(N)c32)cc1OC. The number of carbonyl (C=O) groups excluding carboxylic acids is 1. The number of fused-ring (bicyclic) bond motifs is 1. The van der Waals surface area contributed by atoms with Crippen LogP contribution in [0, 0.1) is 12.3 Å². The highest BCUT2D eigenvalue weighted by atomic mass is 16.5. The van der Waals surface area contributed by atoms with Gasteiger partial charge in [0, 0.05) is 12.6 Å². The van der Waals surface area contributed by atoms with Crippen LogP contribution in [0.1, 0.15) is 11.1 Å². The first-order valence-electron chi connectivity index (χ1n) is 8.25. The fraction of sp³-hybridized carbons (Fsp3) is 0.190. The van der Waals surface area contributed by atoms with E-state index < -0.39 is 0 Å². The Hall–Kier alpha value is -3.39. The third-order valence-electron chi connectivity index (χ3n) is 4.21. The van der Waals surface area contributed by atoms with E-state index in [0.717, 1.165) is 23.2 Å². The molecule has 5 nitrogen and oxygen atoms in total. The van der Waals surface area contributed by atoms with Crippen LogP contribution in [0.15, 0.2) is 42.5 Å². The minimum absolute atomic E-state index is 0.103. The van der Waals surface area contributed by atoms with Crippen LogP contribution in [0.2, 0.25) is 0 Å². The third kappa shape index (κ3) is 3.50. The summed E-state index contributed by atoms with van der Waals surface area (Å²) >= 11 is 0. The van der Waals surface area contributed by atoms with Crippen molar-refractivity contribution in [3.63, 3.8) is 0 Å². The Morgan fingerprint density at radius 2 is 2.19 bits per heavy atom. The summed E-state index contributed by atoms with van der Waals surface area (Å²) in [5, 5.41) is 0. The van der Waals surface area contributed by atoms with Crippen molar-refractivity contribution in [2.24, 2.45) is 0 Å². The lowest BCUT2D eigenvalue weighted by molar-refractivity contribution is -0.114. The molecular weight excluding hydrogens is 328 g/mol. The average Bonchev–Trinajstić information content (AvgIpc) is 3.10. The van der Waals surface area contributed by atoms with Gasteiger partial charge in [0.1, 0.15) is 6.61 Å². The summed E-state index contributed by atoms with van der Waals surface area (Å²) < 4.78 is 10.7. The van der Waals surface area contributed by atoms with E-state index in [1.807, 2.05) is 24.3 Å². The molecular formula is C21H20N2O3. The Kier molecular flexibility index (Phi) is 5.14. The molecule has 0 unspecified atom stereocenters. The van der Waals surface area contributed by atoms with Crippen LogP contribution in [0.4, 0.5) is 11.4 Å². The molecule has 26 heavy (non-hydrogen) atoms. The molecule has 0 saturated heterocycles. The molecule has 132 valence electrons. The Bertz CT molecular complexity index is 897. The van der Waals surface area contributed by atoms with E-state index in [0.29, 0.717) is 23.7 Å². The highest BCUT2D eigenvalue weighted by Gasteiger charge is 2.25. The number of benzene rings is 2. The molecule has 1 aliphatic heterocycles. The molecule has 0 radical (unpaired) electrons. The van der Waals surface area contributed by atoms with Crippen LogP contribution in [0.5, 0.6) is 11.5 Å².